The topological polar surface area (TPSA) is 49.8 Å². The fourth-order valence-corrected chi connectivity index (χ4v) is 1.70. The van der Waals surface area contributed by atoms with Gasteiger partial charge in [-0.05, 0) is 44.1 Å². The maximum atomic E-state index is 11.1. The van der Waals surface area contributed by atoms with E-state index >= 15 is 0 Å². The van der Waals surface area contributed by atoms with Crippen molar-refractivity contribution in [1.82, 2.24) is 4.90 Å². The van der Waals surface area contributed by atoms with E-state index in [9.17, 15) is 4.79 Å². The van der Waals surface area contributed by atoms with Gasteiger partial charge in [0.25, 0.3) is 0 Å². The summed E-state index contributed by atoms with van der Waals surface area (Å²) in [5.41, 5.74) is 0.998. The van der Waals surface area contributed by atoms with Gasteiger partial charge in [-0.1, -0.05) is 26.0 Å². The van der Waals surface area contributed by atoms with Crippen molar-refractivity contribution in [3.63, 3.8) is 0 Å². The molecule has 4 heteroatoms. The Morgan fingerprint density at radius 3 is 2.26 bits per heavy atom. The van der Waals surface area contributed by atoms with Crippen molar-refractivity contribution in [1.29, 1.82) is 0 Å². The smallest absolute Gasteiger partial charge is 0.321 e. The average Bonchev–Trinajstić information content (AvgIpc) is 2.34. The first kappa shape index (κ1) is 15.5. The van der Waals surface area contributed by atoms with Crippen molar-refractivity contribution in [3.05, 3.63) is 29.8 Å². The molecule has 1 aromatic rings. The summed E-state index contributed by atoms with van der Waals surface area (Å²) in [4.78, 5) is 12.8. The second-order valence-electron chi connectivity index (χ2n) is 5.37. The summed E-state index contributed by atoms with van der Waals surface area (Å²) in [6, 6.07) is 7.14. The summed E-state index contributed by atoms with van der Waals surface area (Å²) in [5.74, 6) is 0.518. The van der Waals surface area contributed by atoms with Crippen molar-refractivity contribution in [2.24, 2.45) is 5.92 Å². The number of carbonyl (C=O) groups is 1. The number of likely N-dealkylation sites (N-methyl/N-ethyl adjacent to an activating group) is 1. The van der Waals surface area contributed by atoms with Gasteiger partial charge in [-0.2, -0.15) is 0 Å². The lowest BCUT2D eigenvalue weighted by atomic mass is 10.1. The maximum absolute atomic E-state index is 11.1. The molecule has 0 radical (unpaired) electrons. The summed E-state index contributed by atoms with van der Waals surface area (Å²) in [6.07, 6.45) is 0.493. The average molecular weight is 265 g/mol. The van der Waals surface area contributed by atoms with Crippen molar-refractivity contribution in [2.75, 3.05) is 20.7 Å². The van der Waals surface area contributed by atoms with Gasteiger partial charge >= 0.3 is 5.97 Å². The fourth-order valence-electron chi connectivity index (χ4n) is 1.70. The second kappa shape index (κ2) is 7.14. The molecule has 4 nitrogen and oxygen atoms in total. The molecule has 0 saturated heterocycles. The van der Waals surface area contributed by atoms with Gasteiger partial charge in [-0.15, -0.1) is 0 Å². The summed E-state index contributed by atoms with van der Waals surface area (Å²) in [5, 5.41) is 9.14. The molecule has 19 heavy (non-hydrogen) atoms. The quantitative estimate of drug-likeness (QED) is 0.821. The monoisotopic (exact) mass is 265 g/mol. The number of carboxylic acids is 1. The largest absolute Gasteiger partial charge is 0.493 e. The van der Waals surface area contributed by atoms with Crippen molar-refractivity contribution >= 4 is 5.97 Å². The first-order chi connectivity index (χ1) is 8.90. The number of nitrogens with zero attached hydrogens (tertiary/aromatic N) is 1. The molecule has 0 aliphatic rings. The molecule has 1 unspecified atom stereocenters. The normalized spacial score (nSPS) is 12.7. The van der Waals surface area contributed by atoms with E-state index in [2.05, 4.69) is 13.8 Å². The molecule has 1 aromatic carbocycles. The highest BCUT2D eigenvalue weighted by molar-refractivity contribution is 5.73. The number of carboxylic acid groups (broad SMARTS) is 1. The number of rotatable bonds is 7. The molecular formula is C15H23NO3. The molecule has 1 N–H and O–H groups in total. The number of benzene rings is 1. The van der Waals surface area contributed by atoms with E-state index in [0.717, 1.165) is 11.3 Å². The lowest BCUT2D eigenvalue weighted by molar-refractivity contribution is -0.142. The predicted octanol–water partition coefficient (Wildman–Crippen LogP) is 2.28. The van der Waals surface area contributed by atoms with Crippen LogP contribution in [-0.4, -0.2) is 42.7 Å². The van der Waals surface area contributed by atoms with Gasteiger partial charge in [-0.3, -0.25) is 9.69 Å². The third-order valence-corrected chi connectivity index (χ3v) is 2.84. The van der Waals surface area contributed by atoms with Crippen molar-refractivity contribution in [3.8, 4) is 5.75 Å². The zero-order chi connectivity index (χ0) is 14.4. The summed E-state index contributed by atoms with van der Waals surface area (Å²) in [7, 11) is 3.55. The molecule has 1 rings (SSSR count). The highest BCUT2D eigenvalue weighted by atomic mass is 16.5. The molecular weight excluding hydrogens is 242 g/mol. The third kappa shape index (κ3) is 5.30. The van der Waals surface area contributed by atoms with Gasteiger partial charge in [0.05, 0.1) is 6.61 Å². The van der Waals surface area contributed by atoms with Crippen LogP contribution in [0.4, 0.5) is 0 Å². The number of ether oxygens (including phenoxy) is 1. The van der Waals surface area contributed by atoms with Gasteiger partial charge in [0.1, 0.15) is 11.8 Å². The van der Waals surface area contributed by atoms with Gasteiger partial charge in [0.2, 0.25) is 0 Å². The lowest BCUT2D eigenvalue weighted by Gasteiger charge is -2.20. The minimum atomic E-state index is -0.801. The molecule has 0 amide bonds. The molecule has 0 spiro atoms. The number of aliphatic carboxylic acids is 1. The van der Waals surface area contributed by atoms with Gasteiger partial charge in [0.15, 0.2) is 0 Å². The van der Waals surface area contributed by atoms with E-state index < -0.39 is 12.0 Å². The van der Waals surface area contributed by atoms with E-state index in [1.807, 2.05) is 24.3 Å². The minimum Gasteiger partial charge on any atom is -0.493 e. The Morgan fingerprint density at radius 1 is 1.26 bits per heavy atom. The fraction of sp³-hybridized carbons (Fsp3) is 0.533. The molecule has 0 heterocycles. The zero-order valence-corrected chi connectivity index (χ0v) is 12.1. The SMILES string of the molecule is CC(C)COc1ccc(CC(C(=O)O)N(C)C)cc1. The number of hydrogen-bond donors (Lipinski definition) is 1. The Balaban J connectivity index is 2.63. The van der Waals surface area contributed by atoms with Crippen molar-refractivity contribution < 1.29 is 14.6 Å². The molecule has 0 aliphatic heterocycles. The molecule has 106 valence electrons. The molecule has 1 atom stereocenters. The summed E-state index contributed by atoms with van der Waals surface area (Å²) in [6.45, 7) is 4.89. The standard InChI is InChI=1S/C15H23NO3/c1-11(2)10-19-13-7-5-12(6-8-13)9-14(15(17)18)16(3)4/h5-8,11,14H,9-10H2,1-4H3,(H,17,18). The van der Waals surface area contributed by atoms with E-state index in [1.54, 1.807) is 19.0 Å². The summed E-state index contributed by atoms with van der Waals surface area (Å²) < 4.78 is 5.60. The lowest BCUT2D eigenvalue weighted by Crippen LogP contribution is -2.37. The first-order valence-electron chi connectivity index (χ1n) is 6.51. The Kier molecular flexibility index (Phi) is 5.83. The van der Waals surface area contributed by atoms with Crippen LogP contribution in [0.2, 0.25) is 0 Å². The van der Waals surface area contributed by atoms with Crippen LogP contribution in [0.25, 0.3) is 0 Å². The van der Waals surface area contributed by atoms with E-state index in [4.69, 9.17) is 9.84 Å². The van der Waals surface area contributed by atoms with Gasteiger partial charge < -0.3 is 9.84 Å². The molecule has 0 fully saturated rings. The Labute approximate surface area is 115 Å². The van der Waals surface area contributed by atoms with E-state index in [-0.39, 0.29) is 0 Å². The van der Waals surface area contributed by atoms with Crippen LogP contribution in [0.1, 0.15) is 19.4 Å². The van der Waals surface area contributed by atoms with Gasteiger partial charge in [0, 0.05) is 0 Å². The Bertz CT molecular complexity index is 398. The molecule has 0 bridgehead atoms. The highest BCUT2D eigenvalue weighted by Crippen LogP contribution is 2.15. The maximum Gasteiger partial charge on any atom is 0.321 e. The van der Waals surface area contributed by atoms with Crippen LogP contribution in [0.15, 0.2) is 24.3 Å². The molecule has 0 aliphatic carbocycles. The van der Waals surface area contributed by atoms with Crippen LogP contribution < -0.4 is 4.74 Å². The van der Waals surface area contributed by atoms with Crippen LogP contribution in [0, 0.1) is 5.92 Å². The van der Waals surface area contributed by atoms with Crippen LogP contribution in [0.5, 0.6) is 5.75 Å². The second-order valence-corrected chi connectivity index (χ2v) is 5.37. The first-order valence-corrected chi connectivity index (χ1v) is 6.51. The van der Waals surface area contributed by atoms with Crippen molar-refractivity contribution in [2.45, 2.75) is 26.3 Å². The Hall–Kier alpha value is -1.55. The zero-order valence-electron chi connectivity index (χ0n) is 12.1. The van der Waals surface area contributed by atoms with E-state index in [1.165, 1.54) is 0 Å². The highest BCUT2D eigenvalue weighted by Gasteiger charge is 2.19. The molecule has 0 saturated carbocycles. The third-order valence-electron chi connectivity index (χ3n) is 2.84. The predicted molar refractivity (Wildman–Crippen MR) is 75.6 cm³/mol. The Morgan fingerprint density at radius 2 is 1.84 bits per heavy atom. The van der Waals surface area contributed by atoms with Crippen LogP contribution >= 0.6 is 0 Å². The van der Waals surface area contributed by atoms with Crippen LogP contribution in [0.3, 0.4) is 0 Å². The van der Waals surface area contributed by atoms with Gasteiger partial charge in [-0.25, -0.2) is 0 Å². The number of hydrogen-bond acceptors (Lipinski definition) is 3. The van der Waals surface area contributed by atoms with Crippen LogP contribution in [-0.2, 0) is 11.2 Å². The summed E-state index contributed by atoms with van der Waals surface area (Å²) >= 11 is 0. The van der Waals surface area contributed by atoms with E-state index in [0.29, 0.717) is 18.9 Å². The molecule has 0 aromatic heterocycles. The minimum absolute atomic E-state index is 0.491.